The molecule has 0 atom stereocenters. The van der Waals surface area contributed by atoms with Crippen LogP contribution in [0.3, 0.4) is 0 Å². The maximum Gasteiger partial charge on any atom is 3.00 e. The molecule has 55 heavy (non-hydrogen) atoms. The maximum absolute atomic E-state index is 6.95. The summed E-state index contributed by atoms with van der Waals surface area (Å²) in [7, 11) is 0. The average molecular weight is 870 g/mol. The number of pyridine rings is 1. The summed E-state index contributed by atoms with van der Waals surface area (Å²) < 4.78 is 0. The van der Waals surface area contributed by atoms with Crippen molar-refractivity contribution >= 4 is 34.4 Å². The first-order valence-corrected chi connectivity index (χ1v) is 21.3. The molecule has 1 aromatic heterocycles. The van der Waals surface area contributed by atoms with Crippen molar-refractivity contribution in [1.82, 2.24) is 4.98 Å². The minimum Gasteiger partial charge on any atom is -1.00 e. The van der Waals surface area contributed by atoms with E-state index in [9.17, 15) is 0 Å². The van der Waals surface area contributed by atoms with Crippen molar-refractivity contribution in [2.45, 2.75) is 180 Å². The molecule has 0 radical (unpaired) electrons. The zero-order valence-corrected chi connectivity index (χ0v) is 37.7. The van der Waals surface area contributed by atoms with Gasteiger partial charge in [-0.1, -0.05) is 124 Å². The molecule has 0 aliphatic heterocycles. The molecule has 0 bridgehead atoms. The summed E-state index contributed by atoms with van der Waals surface area (Å²) in [5.41, 5.74) is 14.8. The Morgan fingerprint density at radius 2 is 0.727 bits per heavy atom. The quantitative estimate of drug-likeness (QED) is 0.263. The summed E-state index contributed by atoms with van der Waals surface area (Å²) in [5.74, 6) is 2.37. The third kappa shape index (κ3) is 11.8. The van der Waals surface area contributed by atoms with Crippen LogP contribution in [0.5, 0.6) is 0 Å². The van der Waals surface area contributed by atoms with Crippen LogP contribution in [0, 0.1) is 13.8 Å². The second-order valence-corrected chi connectivity index (χ2v) is 17.3. The third-order valence-corrected chi connectivity index (χ3v) is 13.1. The molecule has 4 aliphatic rings. The van der Waals surface area contributed by atoms with Gasteiger partial charge in [-0.05, 0) is 137 Å². The predicted molar refractivity (Wildman–Crippen MR) is 219 cm³/mol. The van der Waals surface area contributed by atoms with Crippen molar-refractivity contribution in [3.8, 4) is 0 Å². The minimum absolute atomic E-state index is 0. The minimum atomic E-state index is 0. The molecule has 4 fully saturated rings. The number of nitrogens with zero attached hydrogens (tertiary/aromatic N) is 3. The number of hydrogen-bond acceptors (Lipinski definition) is 3. The van der Waals surface area contributed by atoms with Crippen LogP contribution >= 0.6 is 11.6 Å². The monoisotopic (exact) mass is 867 g/mol. The number of aliphatic imine (C=N–C) groups is 2. The summed E-state index contributed by atoms with van der Waals surface area (Å²) in [6.07, 6.45) is 26.2. The summed E-state index contributed by atoms with van der Waals surface area (Å²) >= 11 is 6.95. The topological polar surface area (TPSA) is 37.6 Å². The van der Waals surface area contributed by atoms with E-state index in [1.54, 1.807) is 0 Å². The SMILES string of the molecule is CC(=Nc1c(C2CCCCC2)cc(C)cc1C1CCCCC1)c1cc(Cl)cc(C(C)=Nc2c(C3CCCCC3)cc(C)cc2C2CCCCC2)n1.[Cl-].[Cl-].[Cl-].[Co+3]. The smallest absolute Gasteiger partial charge is 1.00 e. The fourth-order valence-corrected chi connectivity index (χ4v) is 10.4. The number of rotatable bonds is 8. The summed E-state index contributed by atoms with van der Waals surface area (Å²) in [5, 5.41) is 0.701. The molecule has 0 spiro atoms. The third-order valence-electron chi connectivity index (χ3n) is 12.9. The van der Waals surface area contributed by atoms with Crippen molar-refractivity contribution in [3.63, 3.8) is 0 Å². The van der Waals surface area contributed by atoms with Crippen LogP contribution < -0.4 is 37.2 Å². The molecule has 0 amide bonds. The zero-order chi connectivity index (χ0) is 35.3. The molecule has 4 aliphatic carbocycles. The number of halogens is 4. The standard InChI is InChI=1S/C47H62ClN3.3ClH.Co/c1-31-25-40(35-17-9-5-10-18-35)46(41(26-31)36-19-11-6-12-20-36)49-33(3)44-29-39(48)30-45(51-44)34(4)50-47-42(37-21-13-7-14-22-37)27-32(2)28-43(47)38-23-15-8-16-24-38;;;;/h25-30,35-38H,5-24H2,1-4H3;3*1H;/q;;;;+3/p-3. The summed E-state index contributed by atoms with van der Waals surface area (Å²) in [6, 6.07) is 13.8. The second kappa shape index (κ2) is 22.7. The molecule has 2 aromatic carbocycles. The maximum atomic E-state index is 6.95. The van der Waals surface area contributed by atoms with Crippen LogP contribution in [-0.2, 0) is 16.8 Å². The van der Waals surface area contributed by atoms with Crippen molar-refractivity contribution in [3.05, 3.63) is 86.2 Å². The van der Waals surface area contributed by atoms with Gasteiger partial charge in [0.15, 0.2) is 0 Å². The van der Waals surface area contributed by atoms with Crippen molar-refractivity contribution in [2.75, 3.05) is 0 Å². The Bertz CT molecular complexity index is 1540. The molecule has 0 N–H and O–H groups in total. The predicted octanol–water partition coefficient (Wildman–Crippen LogP) is 5.83. The fourth-order valence-electron chi connectivity index (χ4n) is 10.1. The van der Waals surface area contributed by atoms with Gasteiger partial charge in [0.25, 0.3) is 0 Å². The summed E-state index contributed by atoms with van der Waals surface area (Å²) in [6.45, 7) is 8.87. The van der Waals surface area contributed by atoms with E-state index in [0.717, 1.165) is 22.8 Å². The van der Waals surface area contributed by atoms with Gasteiger partial charge in [-0.2, -0.15) is 0 Å². The van der Waals surface area contributed by atoms with Gasteiger partial charge in [-0.25, -0.2) is 4.98 Å². The van der Waals surface area contributed by atoms with Gasteiger partial charge in [0.05, 0.1) is 34.2 Å². The number of aryl methyl sites for hydroxylation is 2. The van der Waals surface area contributed by atoms with Crippen molar-refractivity contribution < 1.29 is 54.0 Å². The van der Waals surface area contributed by atoms with E-state index < -0.39 is 0 Å². The molecule has 7 rings (SSSR count). The zero-order valence-electron chi connectivity index (χ0n) is 33.6. The van der Waals surface area contributed by atoms with Crippen LogP contribution in [-0.4, -0.2) is 16.4 Å². The number of hydrogen-bond donors (Lipinski definition) is 0. The van der Waals surface area contributed by atoms with Gasteiger partial charge in [-0.3, -0.25) is 9.98 Å². The van der Waals surface area contributed by atoms with Crippen LogP contribution in [0.25, 0.3) is 0 Å². The summed E-state index contributed by atoms with van der Waals surface area (Å²) in [4.78, 5) is 16.4. The van der Waals surface area contributed by atoms with Gasteiger partial charge in [-0.15, -0.1) is 0 Å². The van der Waals surface area contributed by atoms with E-state index in [0.29, 0.717) is 28.7 Å². The van der Waals surface area contributed by atoms with E-state index in [1.807, 2.05) is 12.1 Å². The van der Waals surface area contributed by atoms with Gasteiger partial charge >= 0.3 is 16.8 Å². The fraction of sp³-hybridized carbons (Fsp3) is 0.596. The second-order valence-electron chi connectivity index (χ2n) is 16.9. The van der Waals surface area contributed by atoms with Gasteiger partial charge < -0.3 is 37.2 Å². The molecule has 3 nitrogen and oxygen atoms in total. The molecule has 4 saturated carbocycles. The first-order chi connectivity index (χ1) is 24.8. The van der Waals surface area contributed by atoms with E-state index in [-0.39, 0.29) is 54.0 Å². The van der Waals surface area contributed by atoms with Gasteiger partial charge in [0.2, 0.25) is 0 Å². The van der Waals surface area contributed by atoms with Gasteiger partial charge in [0.1, 0.15) is 0 Å². The first-order valence-electron chi connectivity index (χ1n) is 20.9. The first kappa shape index (κ1) is 48.0. The molecular weight excluding hydrogens is 807 g/mol. The van der Waals surface area contributed by atoms with Crippen LogP contribution in [0.2, 0.25) is 5.02 Å². The molecule has 3 aromatic rings. The normalized spacial score (nSPS) is 19.4. The molecule has 8 heteroatoms. The van der Waals surface area contributed by atoms with Gasteiger partial charge in [0, 0.05) is 5.02 Å². The average Bonchev–Trinajstić information content (AvgIpc) is 3.17. The Labute approximate surface area is 367 Å². The molecule has 1 heterocycles. The number of benzene rings is 2. The largest absolute Gasteiger partial charge is 3.00 e. The van der Waals surface area contributed by atoms with E-state index >= 15 is 0 Å². The van der Waals surface area contributed by atoms with E-state index in [1.165, 1.54) is 173 Å². The Morgan fingerprint density at radius 3 is 0.982 bits per heavy atom. The molecule has 302 valence electrons. The molecule has 0 unspecified atom stereocenters. The van der Waals surface area contributed by atoms with E-state index in [2.05, 4.69) is 52.0 Å². The Kier molecular flexibility index (Phi) is 19.8. The molecular formula is C47H62Cl4CoN3. The Hall–Kier alpha value is -1.40. The van der Waals surface area contributed by atoms with Crippen molar-refractivity contribution in [1.29, 1.82) is 0 Å². The van der Waals surface area contributed by atoms with Crippen LogP contribution in [0.15, 0.2) is 46.4 Å². The molecule has 0 saturated heterocycles. The van der Waals surface area contributed by atoms with Crippen LogP contribution in [0.4, 0.5) is 11.4 Å². The Balaban J connectivity index is 0.00000203. The van der Waals surface area contributed by atoms with Crippen LogP contribution in [0.1, 0.15) is 211 Å². The van der Waals surface area contributed by atoms with E-state index in [4.69, 9.17) is 26.6 Å². The number of aromatic nitrogens is 1. The Morgan fingerprint density at radius 1 is 0.473 bits per heavy atom. The van der Waals surface area contributed by atoms with Crippen molar-refractivity contribution in [2.24, 2.45) is 9.98 Å².